The molecule has 0 bridgehead atoms. The van der Waals surface area contributed by atoms with Gasteiger partial charge in [0.2, 0.25) is 0 Å². The Balaban J connectivity index is 2.40. The SMILES string of the molecule is CSc1nc(-c2ccco2)c2c(N)n(C)nc2n1. The number of aromatic nitrogens is 4. The van der Waals surface area contributed by atoms with Crippen molar-refractivity contribution in [3.8, 4) is 11.5 Å². The molecule has 0 radical (unpaired) electrons. The molecule has 2 N–H and O–H groups in total. The van der Waals surface area contributed by atoms with Gasteiger partial charge in [-0.2, -0.15) is 5.10 Å². The van der Waals surface area contributed by atoms with Crippen molar-refractivity contribution in [2.24, 2.45) is 7.05 Å². The van der Waals surface area contributed by atoms with E-state index in [4.69, 9.17) is 10.2 Å². The zero-order chi connectivity index (χ0) is 12.7. The van der Waals surface area contributed by atoms with Crippen LogP contribution in [0.5, 0.6) is 0 Å². The molecule has 0 fully saturated rings. The number of hydrogen-bond donors (Lipinski definition) is 1. The first-order chi connectivity index (χ1) is 8.70. The number of furan rings is 1. The average molecular weight is 261 g/mol. The molecule has 0 aliphatic carbocycles. The highest BCUT2D eigenvalue weighted by Gasteiger charge is 2.18. The van der Waals surface area contributed by atoms with Crippen LogP contribution in [0.3, 0.4) is 0 Å². The second-order valence-corrected chi connectivity index (χ2v) is 4.52. The van der Waals surface area contributed by atoms with Gasteiger partial charge < -0.3 is 10.2 Å². The van der Waals surface area contributed by atoms with E-state index >= 15 is 0 Å². The molecule has 0 aromatic carbocycles. The first-order valence-electron chi connectivity index (χ1n) is 5.29. The largest absolute Gasteiger partial charge is 0.463 e. The van der Waals surface area contributed by atoms with E-state index in [0.29, 0.717) is 28.1 Å². The number of nitrogens with two attached hydrogens (primary N) is 1. The Kier molecular flexibility index (Phi) is 2.48. The Morgan fingerprint density at radius 1 is 1.39 bits per heavy atom. The van der Waals surface area contributed by atoms with Gasteiger partial charge in [0, 0.05) is 7.05 Å². The van der Waals surface area contributed by atoms with Crippen molar-refractivity contribution in [2.45, 2.75) is 5.16 Å². The van der Waals surface area contributed by atoms with Gasteiger partial charge >= 0.3 is 0 Å². The Bertz CT molecular complexity index is 704. The van der Waals surface area contributed by atoms with Crippen LogP contribution in [0, 0.1) is 0 Å². The van der Waals surface area contributed by atoms with E-state index in [1.54, 1.807) is 18.0 Å². The zero-order valence-electron chi connectivity index (χ0n) is 9.91. The Morgan fingerprint density at radius 2 is 2.22 bits per heavy atom. The van der Waals surface area contributed by atoms with Crippen LogP contribution in [0.25, 0.3) is 22.5 Å². The Labute approximate surface area is 107 Å². The molecular weight excluding hydrogens is 250 g/mol. The maximum absolute atomic E-state index is 6.01. The number of nitrogens with zero attached hydrogens (tertiary/aromatic N) is 4. The molecule has 6 nitrogen and oxygen atoms in total. The first-order valence-corrected chi connectivity index (χ1v) is 6.51. The monoisotopic (exact) mass is 261 g/mol. The average Bonchev–Trinajstić information content (AvgIpc) is 2.98. The van der Waals surface area contributed by atoms with E-state index in [-0.39, 0.29) is 0 Å². The number of anilines is 1. The van der Waals surface area contributed by atoms with Crippen molar-refractivity contribution in [2.75, 3.05) is 12.0 Å². The van der Waals surface area contributed by atoms with Gasteiger partial charge in [0.1, 0.15) is 11.5 Å². The number of hydrogen-bond acceptors (Lipinski definition) is 6. The summed E-state index contributed by atoms with van der Waals surface area (Å²) in [5, 5.41) is 5.65. The second kappa shape index (κ2) is 4.02. The smallest absolute Gasteiger partial charge is 0.190 e. The molecule has 0 unspecified atom stereocenters. The van der Waals surface area contributed by atoms with Crippen LogP contribution in [0.1, 0.15) is 0 Å². The molecule has 0 amide bonds. The molecule has 3 rings (SSSR count). The molecule has 3 aromatic rings. The fourth-order valence-electron chi connectivity index (χ4n) is 1.78. The van der Waals surface area contributed by atoms with Crippen LogP contribution >= 0.6 is 11.8 Å². The minimum atomic E-state index is 0.532. The predicted molar refractivity (Wildman–Crippen MR) is 70.2 cm³/mol. The van der Waals surface area contributed by atoms with Crippen LogP contribution in [0.4, 0.5) is 5.82 Å². The summed E-state index contributed by atoms with van der Waals surface area (Å²) in [7, 11) is 1.78. The van der Waals surface area contributed by atoms with Gasteiger partial charge in [-0.3, -0.25) is 4.68 Å². The zero-order valence-corrected chi connectivity index (χ0v) is 10.7. The molecule has 0 spiro atoms. The third-order valence-electron chi connectivity index (χ3n) is 2.66. The van der Waals surface area contributed by atoms with Crippen LogP contribution in [0.15, 0.2) is 28.0 Å². The summed E-state index contributed by atoms with van der Waals surface area (Å²) in [6.45, 7) is 0. The molecule has 3 heterocycles. The summed E-state index contributed by atoms with van der Waals surface area (Å²) in [5.41, 5.74) is 7.27. The van der Waals surface area contributed by atoms with Crippen LogP contribution < -0.4 is 5.73 Å². The fourth-order valence-corrected chi connectivity index (χ4v) is 2.14. The standard InChI is InChI=1S/C11H11N5OS/c1-16-9(12)7-8(6-4-3-5-17-6)13-11(18-2)14-10(7)15-16/h3-5H,12H2,1-2H3. The molecule has 0 saturated heterocycles. The van der Waals surface area contributed by atoms with Gasteiger partial charge in [-0.25, -0.2) is 9.97 Å². The minimum absolute atomic E-state index is 0.532. The van der Waals surface area contributed by atoms with Crippen LogP contribution in [-0.4, -0.2) is 26.0 Å². The van der Waals surface area contributed by atoms with Crippen molar-refractivity contribution in [3.63, 3.8) is 0 Å². The third-order valence-corrected chi connectivity index (χ3v) is 3.20. The summed E-state index contributed by atoms with van der Waals surface area (Å²) in [4.78, 5) is 8.80. The van der Waals surface area contributed by atoms with Crippen molar-refractivity contribution in [1.82, 2.24) is 19.7 Å². The lowest BCUT2D eigenvalue weighted by Gasteiger charge is -2.01. The molecule has 92 valence electrons. The predicted octanol–water partition coefficient (Wildman–Crippen LogP) is 1.93. The highest BCUT2D eigenvalue weighted by atomic mass is 32.2. The second-order valence-electron chi connectivity index (χ2n) is 3.74. The van der Waals surface area contributed by atoms with Crippen LogP contribution in [-0.2, 0) is 7.05 Å². The summed E-state index contributed by atoms with van der Waals surface area (Å²) in [5.74, 6) is 1.20. The normalized spacial score (nSPS) is 11.2. The third kappa shape index (κ3) is 1.55. The minimum Gasteiger partial charge on any atom is -0.463 e. The molecule has 0 atom stereocenters. The number of aryl methyl sites for hydroxylation is 1. The van der Waals surface area contributed by atoms with Crippen molar-refractivity contribution in [3.05, 3.63) is 18.4 Å². The van der Waals surface area contributed by atoms with Crippen molar-refractivity contribution in [1.29, 1.82) is 0 Å². The van der Waals surface area contributed by atoms with E-state index in [0.717, 1.165) is 5.39 Å². The van der Waals surface area contributed by atoms with Crippen molar-refractivity contribution < 1.29 is 4.42 Å². The quantitative estimate of drug-likeness (QED) is 0.560. The lowest BCUT2D eigenvalue weighted by atomic mass is 10.2. The Hall–Kier alpha value is -2.02. The van der Waals surface area contributed by atoms with E-state index in [1.165, 1.54) is 11.8 Å². The van der Waals surface area contributed by atoms with E-state index in [2.05, 4.69) is 15.1 Å². The maximum atomic E-state index is 6.01. The summed E-state index contributed by atoms with van der Waals surface area (Å²) in [6.07, 6.45) is 3.52. The number of fused-ring (bicyclic) bond motifs is 1. The molecule has 0 aliphatic heterocycles. The van der Waals surface area contributed by atoms with Gasteiger partial charge in [-0.05, 0) is 18.4 Å². The molecular formula is C11H11N5OS. The Morgan fingerprint density at radius 3 is 2.89 bits per heavy atom. The summed E-state index contributed by atoms with van der Waals surface area (Å²) in [6, 6.07) is 3.66. The topological polar surface area (TPSA) is 82.8 Å². The first kappa shape index (κ1) is 11.1. The number of thioether (sulfide) groups is 1. The lowest BCUT2D eigenvalue weighted by molar-refractivity contribution is 0.580. The highest BCUT2D eigenvalue weighted by Crippen LogP contribution is 2.31. The van der Waals surface area contributed by atoms with Gasteiger partial charge in [0.15, 0.2) is 16.6 Å². The highest BCUT2D eigenvalue weighted by molar-refractivity contribution is 7.98. The van der Waals surface area contributed by atoms with E-state index in [9.17, 15) is 0 Å². The fraction of sp³-hybridized carbons (Fsp3) is 0.182. The number of rotatable bonds is 2. The summed E-state index contributed by atoms with van der Waals surface area (Å²) >= 11 is 1.46. The molecule has 7 heteroatoms. The van der Waals surface area contributed by atoms with E-state index in [1.807, 2.05) is 18.4 Å². The number of nitrogen functional groups attached to an aromatic ring is 1. The molecule has 0 saturated carbocycles. The van der Waals surface area contributed by atoms with Crippen molar-refractivity contribution >= 4 is 28.6 Å². The van der Waals surface area contributed by atoms with Crippen LogP contribution in [0.2, 0.25) is 0 Å². The van der Waals surface area contributed by atoms with Gasteiger partial charge in [-0.15, -0.1) is 0 Å². The van der Waals surface area contributed by atoms with Gasteiger partial charge in [0.05, 0.1) is 11.6 Å². The maximum Gasteiger partial charge on any atom is 0.190 e. The lowest BCUT2D eigenvalue weighted by Crippen LogP contribution is -1.97. The van der Waals surface area contributed by atoms with E-state index < -0.39 is 0 Å². The molecule has 18 heavy (non-hydrogen) atoms. The molecule has 0 aliphatic rings. The molecule has 3 aromatic heterocycles. The van der Waals surface area contributed by atoms with Gasteiger partial charge in [0.25, 0.3) is 0 Å². The van der Waals surface area contributed by atoms with Gasteiger partial charge in [-0.1, -0.05) is 11.8 Å². The summed E-state index contributed by atoms with van der Waals surface area (Å²) < 4.78 is 6.99.